The van der Waals surface area contributed by atoms with E-state index in [2.05, 4.69) is 0 Å². The molecule has 0 spiro atoms. The van der Waals surface area contributed by atoms with E-state index in [1.165, 1.54) is 31.4 Å². The van der Waals surface area contributed by atoms with E-state index >= 15 is 0 Å². The van der Waals surface area contributed by atoms with Gasteiger partial charge in [-0.25, -0.2) is 0 Å². The molecular weight excluding hydrogens is 608 g/mol. The standard InChI is InChI=1S/C28H34O17/c1-40-13-4-9(2-3-12(13)43-28-25(39)22(36)19(33)16(8-30)45-28)26-23(37)20(34)17-11(31)5-10(6-14(17)42-26)41-27-24(38)21(35)18(32)15(7-29)44-27/h2-6,15-16,18-19,21-33,35-39H,7-8H2,1H3/t15-,16-,18-,19-,21+,22+,23?,24-,25-,26?,27-,28-/m1/s1. The van der Waals surface area contributed by atoms with Gasteiger partial charge in [-0.15, -0.1) is 0 Å². The molecule has 3 aliphatic heterocycles. The summed E-state index contributed by atoms with van der Waals surface area (Å²) in [5.41, 5.74) is -0.173. The summed E-state index contributed by atoms with van der Waals surface area (Å²) in [6.45, 7) is -1.37. The molecule has 0 bridgehead atoms. The van der Waals surface area contributed by atoms with Gasteiger partial charge in [0.15, 0.2) is 23.7 Å². The Bertz CT molecular complexity index is 1370. The summed E-state index contributed by atoms with van der Waals surface area (Å²) in [5.74, 6) is -1.97. The van der Waals surface area contributed by atoms with Crippen molar-refractivity contribution in [3.05, 3.63) is 41.5 Å². The maximum Gasteiger partial charge on any atom is 0.229 e. The number of aliphatic hydroxyl groups excluding tert-OH is 9. The number of methoxy groups -OCH3 is 1. The molecule has 17 heteroatoms. The number of carbonyl (C=O) groups is 1. The molecule has 12 atom stereocenters. The summed E-state index contributed by atoms with van der Waals surface area (Å²) in [5, 5.41) is 101. The van der Waals surface area contributed by atoms with Crippen molar-refractivity contribution in [1.29, 1.82) is 0 Å². The molecule has 17 nitrogen and oxygen atoms in total. The van der Waals surface area contributed by atoms with Crippen LogP contribution in [0.5, 0.6) is 28.7 Å². The molecule has 248 valence electrons. The normalized spacial score (nSPS) is 36.5. The van der Waals surface area contributed by atoms with Crippen LogP contribution in [-0.4, -0.2) is 145 Å². The molecule has 0 amide bonds. The Kier molecular flexibility index (Phi) is 9.68. The second-order valence-electron chi connectivity index (χ2n) is 10.7. The monoisotopic (exact) mass is 642 g/mol. The second-order valence-corrected chi connectivity index (χ2v) is 10.7. The molecule has 3 aliphatic rings. The first-order valence-electron chi connectivity index (χ1n) is 13.8. The molecule has 2 unspecified atom stereocenters. The van der Waals surface area contributed by atoms with E-state index in [0.717, 1.165) is 6.07 Å². The van der Waals surface area contributed by atoms with Crippen LogP contribution in [0.3, 0.4) is 0 Å². The number of carbonyl (C=O) groups excluding carboxylic acids is 1. The highest BCUT2D eigenvalue weighted by atomic mass is 16.7. The largest absolute Gasteiger partial charge is 0.507 e. The minimum atomic E-state index is -1.80. The number of ketones is 1. The van der Waals surface area contributed by atoms with Crippen LogP contribution in [-0.2, 0) is 9.47 Å². The van der Waals surface area contributed by atoms with Gasteiger partial charge < -0.3 is 79.5 Å². The van der Waals surface area contributed by atoms with Crippen molar-refractivity contribution in [2.45, 2.75) is 73.6 Å². The zero-order valence-corrected chi connectivity index (χ0v) is 23.6. The fourth-order valence-electron chi connectivity index (χ4n) is 5.27. The highest BCUT2D eigenvalue weighted by molar-refractivity contribution is 6.05. The van der Waals surface area contributed by atoms with Gasteiger partial charge in [-0.05, 0) is 17.7 Å². The summed E-state index contributed by atoms with van der Waals surface area (Å²) in [7, 11) is 1.28. The Hall–Kier alpha value is -3.33. The molecule has 0 aliphatic carbocycles. The lowest BCUT2D eigenvalue weighted by Gasteiger charge is -2.39. The summed E-state index contributed by atoms with van der Waals surface area (Å²) in [4.78, 5) is 13.1. The zero-order valence-electron chi connectivity index (χ0n) is 23.6. The number of ether oxygens (including phenoxy) is 6. The number of phenols is 1. The Balaban J connectivity index is 1.38. The Labute approximate surface area is 254 Å². The van der Waals surface area contributed by atoms with E-state index < -0.39 is 98.4 Å². The van der Waals surface area contributed by atoms with E-state index in [9.17, 15) is 55.9 Å². The van der Waals surface area contributed by atoms with Crippen LogP contribution in [0.4, 0.5) is 0 Å². The van der Waals surface area contributed by atoms with E-state index in [4.69, 9.17) is 28.4 Å². The third kappa shape index (κ3) is 6.12. The molecule has 5 rings (SSSR count). The lowest BCUT2D eigenvalue weighted by atomic mass is 9.92. The number of hydrogen-bond donors (Lipinski definition) is 10. The van der Waals surface area contributed by atoms with Crippen LogP contribution in [0.2, 0.25) is 0 Å². The maximum absolute atomic E-state index is 13.1. The van der Waals surface area contributed by atoms with Crippen molar-refractivity contribution in [1.82, 2.24) is 0 Å². The number of rotatable bonds is 8. The Morgan fingerprint density at radius 3 is 1.87 bits per heavy atom. The summed E-state index contributed by atoms with van der Waals surface area (Å²) in [6.07, 6.45) is -18.9. The van der Waals surface area contributed by atoms with Crippen LogP contribution in [0, 0.1) is 0 Å². The lowest BCUT2D eigenvalue weighted by molar-refractivity contribution is -0.277. The third-order valence-corrected chi connectivity index (χ3v) is 7.82. The number of aliphatic hydroxyl groups is 9. The van der Waals surface area contributed by atoms with Crippen molar-refractivity contribution in [3.63, 3.8) is 0 Å². The first kappa shape index (κ1) is 33.0. The zero-order chi connectivity index (χ0) is 32.7. The van der Waals surface area contributed by atoms with Gasteiger partial charge in [0, 0.05) is 12.1 Å². The molecule has 2 saturated heterocycles. The van der Waals surface area contributed by atoms with Gasteiger partial charge in [-0.1, -0.05) is 6.07 Å². The molecule has 2 fully saturated rings. The highest BCUT2D eigenvalue weighted by Gasteiger charge is 2.47. The van der Waals surface area contributed by atoms with Gasteiger partial charge in [0.25, 0.3) is 0 Å². The van der Waals surface area contributed by atoms with Crippen LogP contribution in [0.1, 0.15) is 22.0 Å². The fraction of sp³-hybridized carbons (Fsp3) is 0.536. The van der Waals surface area contributed by atoms with Crippen molar-refractivity contribution < 1.29 is 84.3 Å². The summed E-state index contributed by atoms with van der Waals surface area (Å²) < 4.78 is 33.1. The molecular formula is C28H34O17. The number of fused-ring (bicyclic) bond motifs is 1. The molecule has 0 saturated carbocycles. The second kappa shape index (κ2) is 13.2. The van der Waals surface area contributed by atoms with Gasteiger partial charge in [-0.2, -0.15) is 0 Å². The number of Topliss-reactive ketones (excluding diaryl/α,β-unsaturated/α-hetero) is 1. The smallest absolute Gasteiger partial charge is 0.229 e. The molecule has 2 aromatic carbocycles. The van der Waals surface area contributed by atoms with E-state index in [1.807, 2.05) is 0 Å². The topological polar surface area (TPSA) is 275 Å². The highest BCUT2D eigenvalue weighted by Crippen LogP contribution is 2.44. The van der Waals surface area contributed by atoms with Crippen molar-refractivity contribution in [3.8, 4) is 28.7 Å². The Morgan fingerprint density at radius 2 is 1.31 bits per heavy atom. The maximum atomic E-state index is 13.1. The van der Waals surface area contributed by atoms with Gasteiger partial charge >= 0.3 is 0 Å². The summed E-state index contributed by atoms with van der Waals surface area (Å²) >= 11 is 0. The number of hydrogen-bond acceptors (Lipinski definition) is 17. The lowest BCUT2D eigenvalue weighted by Crippen LogP contribution is -2.60. The van der Waals surface area contributed by atoms with Gasteiger partial charge in [-0.3, -0.25) is 4.79 Å². The van der Waals surface area contributed by atoms with E-state index in [1.54, 1.807) is 0 Å². The van der Waals surface area contributed by atoms with Gasteiger partial charge in [0.2, 0.25) is 18.4 Å². The van der Waals surface area contributed by atoms with Crippen LogP contribution in [0.25, 0.3) is 0 Å². The first-order valence-corrected chi connectivity index (χ1v) is 13.8. The SMILES string of the molecule is COc1cc(C2Oc3cc(O[C@@H]4O[C@H](CO)[C@@H](O)[C@H](O)[C@H]4O)cc(O)c3C(=O)C2O)ccc1O[C@@H]1O[C@H](CO)[C@@H](O)[C@H](O)[C@H]1O. The molecule has 45 heavy (non-hydrogen) atoms. The molecule has 3 heterocycles. The predicted octanol–water partition coefficient (Wildman–Crippen LogP) is -3.56. The molecule has 2 aromatic rings. The Morgan fingerprint density at radius 1 is 0.733 bits per heavy atom. The average Bonchev–Trinajstić information content (AvgIpc) is 3.03. The van der Waals surface area contributed by atoms with Gasteiger partial charge in [0.1, 0.15) is 71.6 Å². The van der Waals surface area contributed by atoms with Crippen molar-refractivity contribution >= 4 is 5.78 Å². The third-order valence-electron chi connectivity index (χ3n) is 7.82. The number of aromatic hydroxyl groups is 1. The first-order chi connectivity index (χ1) is 21.4. The van der Waals surface area contributed by atoms with Crippen LogP contribution in [0.15, 0.2) is 30.3 Å². The van der Waals surface area contributed by atoms with Crippen molar-refractivity contribution in [2.24, 2.45) is 0 Å². The minimum Gasteiger partial charge on any atom is -0.507 e. The molecule has 0 aromatic heterocycles. The van der Waals surface area contributed by atoms with Crippen molar-refractivity contribution in [2.75, 3.05) is 20.3 Å². The average molecular weight is 643 g/mol. The molecule has 10 N–H and O–H groups in total. The van der Waals surface area contributed by atoms with Crippen LogP contribution >= 0.6 is 0 Å². The molecule has 0 radical (unpaired) electrons. The minimum absolute atomic E-state index is 0.0149. The van der Waals surface area contributed by atoms with Gasteiger partial charge in [0.05, 0.1) is 20.3 Å². The predicted molar refractivity (Wildman–Crippen MR) is 144 cm³/mol. The number of benzene rings is 2. The van der Waals surface area contributed by atoms with Crippen LogP contribution < -0.4 is 18.9 Å². The van der Waals surface area contributed by atoms with E-state index in [0.29, 0.717) is 0 Å². The summed E-state index contributed by atoms with van der Waals surface area (Å²) in [6, 6.07) is 6.23. The number of phenolic OH excluding ortho intramolecular Hbond substituents is 1. The van der Waals surface area contributed by atoms with E-state index in [-0.39, 0.29) is 34.1 Å². The quantitative estimate of drug-likeness (QED) is 0.133. The fourth-order valence-corrected chi connectivity index (χ4v) is 5.27.